The second-order valence-corrected chi connectivity index (χ2v) is 4.95. The second-order valence-electron chi connectivity index (χ2n) is 2.65. The second kappa shape index (κ2) is 3.55. The number of hydrogen-bond acceptors (Lipinski definition) is 3. The van der Waals surface area contributed by atoms with Gasteiger partial charge in [-0.3, -0.25) is 9.82 Å². The summed E-state index contributed by atoms with van der Waals surface area (Å²) in [6.07, 6.45) is 0. The van der Waals surface area contributed by atoms with Crippen LogP contribution in [0.3, 0.4) is 0 Å². The van der Waals surface area contributed by atoms with Gasteiger partial charge in [0.1, 0.15) is 5.21 Å². The van der Waals surface area contributed by atoms with Crippen molar-refractivity contribution >= 4 is 27.4 Å². The molecule has 7 heteroatoms. The molecular formula is C6H10ClN3O2S. The molecule has 74 valence electrons. The van der Waals surface area contributed by atoms with Crippen molar-refractivity contribution in [2.24, 2.45) is 0 Å². The Morgan fingerprint density at radius 1 is 1.54 bits per heavy atom. The van der Waals surface area contributed by atoms with Gasteiger partial charge in [-0.2, -0.15) is 5.10 Å². The largest absolute Gasteiger partial charge is 0.280 e. The van der Waals surface area contributed by atoms with Crippen molar-refractivity contribution in [1.82, 2.24) is 10.2 Å². The lowest BCUT2D eigenvalue weighted by atomic mass is 10.3. The average molecular weight is 224 g/mol. The van der Waals surface area contributed by atoms with Gasteiger partial charge in [0.15, 0.2) is 5.82 Å². The molecule has 0 aliphatic heterocycles. The van der Waals surface area contributed by atoms with Crippen molar-refractivity contribution in [2.45, 2.75) is 13.8 Å². The fourth-order valence-corrected chi connectivity index (χ4v) is 1.47. The smallest absolute Gasteiger partial charge is 0.248 e. The molecule has 1 aromatic heterocycles. The zero-order valence-electron chi connectivity index (χ0n) is 7.26. The number of nitrogens with zero attached hydrogens (tertiary/aromatic N) is 1. The lowest BCUT2D eigenvalue weighted by Crippen LogP contribution is -2.14. The van der Waals surface area contributed by atoms with Crippen LogP contribution in [0.2, 0.25) is 0 Å². The summed E-state index contributed by atoms with van der Waals surface area (Å²) in [7, 11) is -3.45. The Morgan fingerprint density at radius 2 is 2.15 bits per heavy atom. The summed E-state index contributed by atoms with van der Waals surface area (Å²) in [4.78, 5) is 0. The van der Waals surface area contributed by atoms with Gasteiger partial charge in [0.2, 0.25) is 10.0 Å². The standard InChI is InChI=1S/C6H10ClN3O2S/c1-4-5(2)8-9-6(4)10-13(11,12)3-7/h3H2,1-2H3,(H2,8,9,10). The summed E-state index contributed by atoms with van der Waals surface area (Å²) in [5.74, 6) is 0.304. The van der Waals surface area contributed by atoms with Crippen LogP contribution in [0.4, 0.5) is 5.82 Å². The molecule has 1 rings (SSSR count). The van der Waals surface area contributed by atoms with E-state index in [1.165, 1.54) is 0 Å². The molecule has 0 saturated heterocycles. The van der Waals surface area contributed by atoms with E-state index in [4.69, 9.17) is 11.6 Å². The molecule has 0 aromatic carbocycles. The number of H-pyrrole nitrogens is 1. The molecule has 5 nitrogen and oxygen atoms in total. The first-order chi connectivity index (χ1) is 5.96. The number of sulfonamides is 1. The predicted octanol–water partition coefficient (Wildman–Crippen LogP) is 0.965. The molecule has 1 aromatic rings. The quantitative estimate of drug-likeness (QED) is 0.750. The molecule has 0 atom stereocenters. The third kappa shape index (κ3) is 2.35. The molecule has 0 fully saturated rings. The highest BCUT2D eigenvalue weighted by Gasteiger charge is 2.12. The maximum atomic E-state index is 11.0. The average Bonchev–Trinajstić information content (AvgIpc) is 2.36. The van der Waals surface area contributed by atoms with Crippen LogP contribution in [0.1, 0.15) is 11.3 Å². The zero-order chi connectivity index (χ0) is 10.1. The topological polar surface area (TPSA) is 74.8 Å². The first-order valence-corrected chi connectivity index (χ1v) is 5.73. The summed E-state index contributed by atoms with van der Waals surface area (Å²) in [5.41, 5.74) is 1.60. The van der Waals surface area contributed by atoms with Crippen LogP contribution in [-0.4, -0.2) is 23.8 Å². The number of anilines is 1. The van der Waals surface area contributed by atoms with Crippen LogP contribution in [0.5, 0.6) is 0 Å². The van der Waals surface area contributed by atoms with Crippen LogP contribution in [0.15, 0.2) is 0 Å². The molecular weight excluding hydrogens is 214 g/mol. The van der Waals surface area contributed by atoms with E-state index in [1.54, 1.807) is 13.8 Å². The first kappa shape index (κ1) is 10.3. The summed E-state index contributed by atoms with van der Waals surface area (Å²) < 4.78 is 24.3. The SMILES string of the molecule is Cc1[nH]nc(NS(=O)(=O)CCl)c1C. The number of alkyl halides is 1. The van der Waals surface area contributed by atoms with Crippen LogP contribution < -0.4 is 4.72 Å². The molecule has 0 aliphatic rings. The molecule has 13 heavy (non-hydrogen) atoms. The van der Waals surface area contributed by atoms with Crippen molar-refractivity contribution in [3.8, 4) is 0 Å². The van der Waals surface area contributed by atoms with Gasteiger partial charge in [-0.25, -0.2) is 8.42 Å². The molecule has 2 N–H and O–H groups in total. The Labute approximate surface area is 81.5 Å². The molecule has 0 saturated carbocycles. The van der Waals surface area contributed by atoms with Gasteiger partial charge >= 0.3 is 0 Å². The summed E-state index contributed by atoms with van der Waals surface area (Å²) >= 11 is 5.21. The van der Waals surface area contributed by atoms with E-state index in [-0.39, 0.29) is 0 Å². The van der Waals surface area contributed by atoms with E-state index < -0.39 is 15.2 Å². The van der Waals surface area contributed by atoms with Gasteiger partial charge in [-0.15, -0.1) is 11.6 Å². The van der Waals surface area contributed by atoms with E-state index in [0.29, 0.717) is 5.82 Å². The third-order valence-electron chi connectivity index (χ3n) is 1.65. The highest BCUT2D eigenvalue weighted by atomic mass is 35.5. The Kier molecular flexibility index (Phi) is 2.82. The van der Waals surface area contributed by atoms with Crippen LogP contribution in [0.25, 0.3) is 0 Å². The predicted molar refractivity (Wildman–Crippen MR) is 51.3 cm³/mol. The Morgan fingerprint density at radius 3 is 2.54 bits per heavy atom. The van der Waals surface area contributed by atoms with Crippen molar-refractivity contribution in [1.29, 1.82) is 0 Å². The van der Waals surface area contributed by atoms with Crippen LogP contribution in [0, 0.1) is 13.8 Å². The minimum atomic E-state index is -3.45. The molecule has 0 unspecified atom stereocenters. The monoisotopic (exact) mass is 223 g/mol. The number of aryl methyl sites for hydroxylation is 1. The molecule has 0 bridgehead atoms. The normalized spacial score (nSPS) is 11.6. The Balaban J connectivity index is 2.93. The highest BCUT2D eigenvalue weighted by Crippen LogP contribution is 2.15. The number of aromatic amines is 1. The lowest BCUT2D eigenvalue weighted by Gasteiger charge is -2.01. The Hall–Kier alpha value is -0.750. The lowest BCUT2D eigenvalue weighted by molar-refractivity contribution is 0.605. The van der Waals surface area contributed by atoms with Gasteiger partial charge < -0.3 is 0 Å². The summed E-state index contributed by atoms with van der Waals surface area (Å²) in [6, 6.07) is 0. The minimum Gasteiger partial charge on any atom is -0.280 e. The van der Waals surface area contributed by atoms with Crippen molar-refractivity contribution < 1.29 is 8.42 Å². The number of halogens is 1. The van der Waals surface area contributed by atoms with Crippen molar-refractivity contribution in [3.63, 3.8) is 0 Å². The minimum absolute atomic E-state index is 0.304. The highest BCUT2D eigenvalue weighted by molar-refractivity contribution is 7.93. The van der Waals surface area contributed by atoms with Gasteiger partial charge in [0.25, 0.3) is 0 Å². The van der Waals surface area contributed by atoms with E-state index in [1.807, 2.05) is 0 Å². The maximum absolute atomic E-state index is 11.0. The van der Waals surface area contributed by atoms with Crippen molar-refractivity contribution in [3.05, 3.63) is 11.3 Å². The molecule has 0 spiro atoms. The third-order valence-corrected chi connectivity index (χ3v) is 3.30. The zero-order valence-corrected chi connectivity index (χ0v) is 8.83. The number of aromatic nitrogens is 2. The van der Waals surface area contributed by atoms with Crippen molar-refractivity contribution in [2.75, 3.05) is 9.93 Å². The Bertz CT molecular complexity index is 398. The van der Waals surface area contributed by atoms with E-state index in [2.05, 4.69) is 14.9 Å². The van der Waals surface area contributed by atoms with E-state index >= 15 is 0 Å². The first-order valence-electron chi connectivity index (χ1n) is 3.54. The van der Waals surface area contributed by atoms with Gasteiger partial charge in [-0.05, 0) is 13.8 Å². The van der Waals surface area contributed by atoms with Gasteiger partial charge in [-0.1, -0.05) is 0 Å². The number of hydrogen-bond donors (Lipinski definition) is 2. The van der Waals surface area contributed by atoms with Crippen LogP contribution in [-0.2, 0) is 10.0 Å². The number of rotatable bonds is 3. The van der Waals surface area contributed by atoms with E-state index in [9.17, 15) is 8.42 Å². The van der Waals surface area contributed by atoms with E-state index in [0.717, 1.165) is 11.3 Å². The van der Waals surface area contributed by atoms with Gasteiger partial charge in [0, 0.05) is 11.3 Å². The molecule has 0 amide bonds. The number of nitrogens with one attached hydrogen (secondary N) is 2. The molecule has 0 radical (unpaired) electrons. The maximum Gasteiger partial charge on any atom is 0.248 e. The summed E-state index contributed by atoms with van der Waals surface area (Å²) in [6.45, 7) is 3.58. The molecule has 1 heterocycles. The fraction of sp³-hybridized carbons (Fsp3) is 0.500. The van der Waals surface area contributed by atoms with Crippen LogP contribution >= 0.6 is 11.6 Å². The fourth-order valence-electron chi connectivity index (χ4n) is 0.759. The molecule has 0 aliphatic carbocycles. The summed E-state index contributed by atoms with van der Waals surface area (Å²) in [5, 5.41) is 5.96. The van der Waals surface area contributed by atoms with Gasteiger partial charge in [0.05, 0.1) is 0 Å².